The summed E-state index contributed by atoms with van der Waals surface area (Å²) in [5.41, 5.74) is 1.89. The third-order valence-electron chi connectivity index (χ3n) is 5.67. The van der Waals surface area contributed by atoms with E-state index in [0.717, 1.165) is 22.6 Å². The van der Waals surface area contributed by atoms with Gasteiger partial charge < -0.3 is 10.4 Å². The Labute approximate surface area is 184 Å². The molecule has 1 aromatic carbocycles. The number of benzene rings is 1. The molecular weight excluding hydrogens is 417 g/mol. The van der Waals surface area contributed by atoms with Gasteiger partial charge in [-0.25, -0.2) is 9.37 Å². The highest BCUT2D eigenvalue weighted by molar-refractivity contribution is 7.97. The van der Waals surface area contributed by atoms with Crippen LogP contribution in [0, 0.1) is 6.92 Å². The van der Waals surface area contributed by atoms with E-state index in [9.17, 15) is 14.3 Å². The molecule has 1 saturated carbocycles. The summed E-state index contributed by atoms with van der Waals surface area (Å²) in [6, 6.07) is 7.07. The lowest BCUT2D eigenvalue weighted by Gasteiger charge is -2.21. The molecule has 0 amide bonds. The third-order valence-corrected chi connectivity index (χ3v) is 6.36. The van der Waals surface area contributed by atoms with E-state index < -0.39 is 23.9 Å². The maximum absolute atomic E-state index is 14.2. The van der Waals surface area contributed by atoms with Crippen LogP contribution in [0.4, 0.5) is 16.0 Å². The smallest absolute Gasteiger partial charge is 0.258 e. The number of anilines is 2. The average molecular weight is 444 g/mol. The first-order chi connectivity index (χ1) is 14.9. The van der Waals surface area contributed by atoms with Crippen LogP contribution >= 0.6 is 11.9 Å². The number of aliphatic hydroxyl groups is 1. The molecule has 4 rings (SSSR count). The van der Waals surface area contributed by atoms with Gasteiger partial charge in [-0.1, -0.05) is 0 Å². The summed E-state index contributed by atoms with van der Waals surface area (Å²) in [6.45, 7) is 3.33. The number of aromatic nitrogens is 3. The summed E-state index contributed by atoms with van der Waals surface area (Å²) in [5, 5.41) is 14.2. The van der Waals surface area contributed by atoms with Crippen LogP contribution in [0.25, 0.3) is 11.0 Å². The monoisotopic (exact) mass is 443 g/mol. The van der Waals surface area contributed by atoms with Gasteiger partial charge in [-0.2, -0.15) is 4.98 Å². The number of aliphatic hydroxyl groups excluding tert-OH is 1. The number of hydrogen-bond donors (Lipinski definition) is 3. The second-order valence-electron chi connectivity index (χ2n) is 7.84. The fourth-order valence-corrected chi connectivity index (χ4v) is 4.70. The number of alkyl halides is 1. The molecule has 0 aliphatic heterocycles. The summed E-state index contributed by atoms with van der Waals surface area (Å²) < 4.78 is 18.7. The molecule has 3 aromatic rings. The van der Waals surface area contributed by atoms with Gasteiger partial charge >= 0.3 is 0 Å². The zero-order chi connectivity index (χ0) is 22.1. The molecule has 31 heavy (non-hydrogen) atoms. The number of nitrogens with one attached hydrogen (secondary N) is 2. The standard InChI is InChI=1S/C22H26FN5O2S/c1-12-9-15(31-24-3)7-8-17(12)26-22-25-11-14-10-16(13(2)23)21(30)28(20(14)27-22)18-5-4-6-19(18)29/h7-11,13,18-19,24,29H,4-6H2,1-3H3,(H,25,26,27). The predicted octanol–water partition coefficient (Wildman–Crippen LogP) is 4.19. The predicted molar refractivity (Wildman–Crippen MR) is 122 cm³/mol. The van der Waals surface area contributed by atoms with Gasteiger partial charge in [0, 0.05) is 22.2 Å². The van der Waals surface area contributed by atoms with Crippen LogP contribution in [0.5, 0.6) is 0 Å². The normalized spacial score (nSPS) is 19.6. The Bertz CT molecular complexity index is 1170. The lowest BCUT2D eigenvalue weighted by atomic mass is 10.1. The highest BCUT2D eigenvalue weighted by Gasteiger charge is 2.30. The van der Waals surface area contributed by atoms with E-state index in [1.165, 1.54) is 29.5 Å². The minimum atomic E-state index is -1.42. The first-order valence-electron chi connectivity index (χ1n) is 10.3. The second-order valence-corrected chi connectivity index (χ2v) is 8.92. The minimum Gasteiger partial charge on any atom is -0.391 e. The molecule has 2 heterocycles. The molecule has 3 atom stereocenters. The number of fused-ring (bicyclic) bond motifs is 1. The molecule has 3 N–H and O–H groups in total. The van der Waals surface area contributed by atoms with E-state index in [2.05, 4.69) is 20.0 Å². The van der Waals surface area contributed by atoms with Crippen molar-refractivity contribution in [2.24, 2.45) is 0 Å². The summed E-state index contributed by atoms with van der Waals surface area (Å²) in [7, 11) is 1.87. The van der Waals surface area contributed by atoms with Gasteiger partial charge in [0.15, 0.2) is 0 Å². The van der Waals surface area contributed by atoms with Gasteiger partial charge in [0.05, 0.1) is 17.7 Å². The van der Waals surface area contributed by atoms with Crippen molar-refractivity contribution in [1.82, 2.24) is 19.3 Å². The molecule has 0 spiro atoms. The topological polar surface area (TPSA) is 92.1 Å². The Kier molecular flexibility index (Phi) is 6.27. The van der Waals surface area contributed by atoms with Crippen molar-refractivity contribution in [2.45, 2.75) is 56.3 Å². The van der Waals surface area contributed by atoms with Crippen molar-refractivity contribution < 1.29 is 9.50 Å². The number of aryl methyl sites for hydroxylation is 1. The Balaban J connectivity index is 1.79. The van der Waals surface area contributed by atoms with E-state index in [0.29, 0.717) is 29.8 Å². The van der Waals surface area contributed by atoms with Crippen LogP contribution in [-0.2, 0) is 0 Å². The highest BCUT2D eigenvalue weighted by Crippen LogP contribution is 2.32. The Morgan fingerprint density at radius 3 is 2.77 bits per heavy atom. The number of halogens is 1. The molecule has 3 unspecified atom stereocenters. The van der Waals surface area contributed by atoms with Gasteiger partial charge in [-0.05, 0) is 81.9 Å². The average Bonchev–Trinajstić information content (AvgIpc) is 3.15. The van der Waals surface area contributed by atoms with Crippen LogP contribution < -0.4 is 15.6 Å². The number of rotatable bonds is 6. The highest BCUT2D eigenvalue weighted by atomic mass is 32.2. The van der Waals surface area contributed by atoms with Gasteiger partial charge in [0.25, 0.3) is 5.56 Å². The molecule has 7 nitrogen and oxygen atoms in total. The summed E-state index contributed by atoms with van der Waals surface area (Å²) in [4.78, 5) is 23.2. The number of nitrogens with zero attached hydrogens (tertiary/aromatic N) is 3. The van der Waals surface area contributed by atoms with Crippen molar-refractivity contribution in [1.29, 1.82) is 0 Å². The quantitative estimate of drug-likeness (QED) is 0.492. The lowest BCUT2D eigenvalue weighted by Crippen LogP contribution is -2.32. The molecule has 1 aliphatic carbocycles. The maximum Gasteiger partial charge on any atom is 0.258 e. The molecule has 0 bridgehead atoms. The molecular formula is C22H26FN5O2S. The van der Waals surface area contributed by atoms with Crippen molar-refractivity contribution >= 4 is 34.6 Å². The largest absolute Gasteiger partial charge is 0.391 e. The zero-order valence-corrected chi connectivity index (χ0v) is 18.5. The van der Waals surface area contributed by atoms with Crippen LogP contribution in [-0.4, -0.2) is 32.8 Å². The van der Waals surface area contributed by atoms with Crippen LogP contribution in [0.1, 0.15) is 49.5 Å². The second kappa shape index (κ2) is 8.94. The van der Waals surface area contributed by atoms with Crippen LogP contribution in [0.2, 0.25) is 0 Å². The van der Waals surface area contributed by atoms with Gasteiger partial charge in [0.1, 0.15) is 11.8 Å². The van der Waals surface area contributed by atoms with E-state index in [1.807, 2.05) is 32.2 Å². The van der Waals surface area contributed by atoms with E-state index in [4.69, 9.17) is 0 Å². The molecule has 9 heteroatoms. The number of pyridine rings is 1. The molecule has 1 aliphatic rings. The van der Waals surface area contributed by atoms with Gasteiger partial charge in [0.2, 0.25) is 5.95 Å². The van der Waals surface area contributed by atoms with Gasteiger partial charge in [-0.3, -0.25) is 14.1 Å². The first-order valence-corrected chi connectivity index (χ1v) is 11.2. The minimum absolute atomic E-state index is 0.0596. The van der Waals surface area contributed by atoms with Gasteiger partial charge in [-0.15, -0.1) is 0 Å². The van der Waals surface area contributed by atoms with Crippen molar-refractivity contribution in [2.75, 3.05) is 12.4 Å². The van der Waals surface area contributed by atoms with E-state index in [1.54, 1.807) is 6.20 Å². The van der Waals surface area contributed by atoms with Crippen molar-refractivity contribution in [3.8, 4) is 0 Å². The Morgan fingerprint density at radius 1 is 1.32 bits per heavy atom. The van der Waals surface area contributed by atoms with Crippen molar-refractivity contribution in [3.05, 3.63) is 51.9 Å². The third kappa shape index (κ3) is 4.30. The van der Waals surface area contributed by atoms with Crippen LogP contribution in [0.15, 0.2) is 40.2 Å². The zero-order valence-electron chi connectivity index (χ0n) is 17.7. The first kappa shape index (κ1) is 21.7. The molecule has 2 aromatic heterocycles. The van der Waals surface area contributed by atoms with E-state index >= 15 is 0 Å². The maximum atomic E-state index is 14.2. The molecule has 1 fully saturated rings. The fourth-order valence-electron chi connectivity index (χ4n) is 4.09. The fraction of sp³-hybridized carbons (Fsp3) is 0.409. The molecule has 0 saturated heterocycles. The summed E-state index contributed by atoms with van der Waals surface area (Å²) >= 11 is 1.53. The van der Waals surface area contributed by atoms with E-state index in [-0.39, 0.29) is 5.56 Å². The Hall–Kier alpha value is -2.49. The lowest BCUT2D eigenvalue weighted by molar-refractivity contribution is 0.136. The van der Waals surface area contributed by atoms with Crippen molar-refractivity contribution in [3.63, 3.8) is 0 Å². The molecule has 0 radical (unpaired) electrons. The van der Waals surface area contributed by atoms with Crippen LogP contribution in [0.3, 0.4) is 0 Å². The Morgan fingerprint density at radius 2 is 2.13 bits per heavy atom. The summed E-state index contributed by atoms with van der Waals surface area (Å²) in [6.07, 6.45) is 1.58. The molecule has 164 valence electrons. The summed E-state index contributed by atoms with van der Waals surface area (Å²) in [5.74, 6) is 0.339. The number of hydrogen-bond acceptors (Lipinski definition) is 7. The SMILES string of the molecule is CNSc1ccc(Nc2ncc3cc(C(C)F)c(=O)n(C4CCCC4O)c3n2)c(C)c1.